The topological polar surface area (TPSA) is 107 Å². The zero-order chi connectivity index (χ0) is 18.0. The van der Waals surface area contributed by atoms with E-state index in [0.717, 1.165) is 0 Å². The Kier molecular flexibility index (Phi) is 5.02. The molecule has 1 unspecified atom stereocenters. The van der Waals surface area contributed by atoms with Gasteiger partial charge in [-0.2, -0.15) is 4.68 Å². The Morgan fingerprint density at radius 3 is 2.46 bits per heavy atom. The van der Waals surface area contributed by atoms with Gasteiger partial charge in [0.25, 0.3) is 0 Å². The van der Waals surface area contributed by atoms with E-state index in [-0.39, 0.29) is 5.82 Å². The minimum Gasteiger partial charge on any atom is -0.350 e. The van der Waals surface area contributed by atoms with Crippen LogP contribution in [0.2, 0.25) is 0 Å². The van der Waals surface area contributed by atoms with Gasteiger partial charge in [-0.05, 0) is 50.3 Å². The molecule has 130 valence electrons. The fourth-order valence-corrected chi connectivity index (χ4v) is 3.18. The predicted octanol–water partition coefficient (Wildman–Crippen LogP) is 0.880. The first-order valence-electron chi connectivity index (χ1n) is 7.46. The van der Waals surface area contributed by atoms with Gasteiger partial charge in [0.1, 0.15) is 11.0 Å². The summed E-state index contributed by atoms with van der Waals surface area (Å²) in [5.74, 6) is -0.800. The lowest BCUT2D eigenvalue weighted by atomic mass is 10.1. The number of carbonyl (C=O) groups excluding carboxylic acids is 1. The van der Waals surface area contributed by atoms with Gasteiger partial charge in [0.05, 0.1) is 5.69 Å². The van der Waals surface area contributed by atoms with Crippen molar-refractivity contribution in [2.45, 2.75) is 44.2 Å². The summed E-state index contributed by atoms with van der Waals surface area (Å²) in [6.45, 7) is 6.74. The van der Waals surface area contributed by atoms with Gasteiger partial charge < -0.3 is 5.32 Å². The molecule has 0 radical (unpaired) electrons. The first kappa shape index (κ1) is 18.1. The molecule has 2 aromatic rings. The average molecular weight is 351 g/mol. The molecule has 1 aromatic heterocycles. The van der Waals surface area contributed by atoms with E-state index in [2.05, 4.69) is 20.8 Å². The molecule has 0 saturated heterocycles. The van der Waals surface area contributed by atoms with Crippen LogP contribution in [0.4, 0.5) is 0 Å². The van der Waals surface area contributed by atoms with Crippen LogP contribution < -0.4 is 5.32 Å². The predicted molar refractivity (Wildman–Crippen MR) is 89.1 cm³/mol. The number of hydrogen-bond donors (Lipinski definition) is 1. The number of rotatable bonds is 5. The van der Waals surface area contributed by atoms with Crippen LogP contribution in [0.5, 0.6) is 0 Å². The van der Waals surface area contributed by atoms with Gasteiger partial charge in [-0.1, -0.05) is 18.2 Å². The van der Waals surface area contributed by atoms with E-state index < -0.39 is 32.3 Å². The number of carbonyl (C=O) groups is 1. The largest absolute Gasteiger partial charge is 0.350 e. The van der Waals surface area contributed by atoms with Crippen molar-refractivity contribution in [3.8, 4) is 5.69 Å². The third-order valence-corrected chi connectivity index (χ3v) is 5.22. The van der Waals surface area contributed by atoms with Crippen molar-refractivity contribution < 1.29 is 13.2 Å². The molecule has 2 rings (SSSR count). The van der Waals surface area contributed by atoms with Crippen molar-refractivity contribution in [3.63, 3.8) is 0 Å². The van der Waals surface area contributed by atoms with Crippen molar-refractivity contribution in [1.29, 1.82) is 0 Å². The summed E-state index contributed by atoms with van der Waals surface area (Å²) >= 11 is 0. The van der Waals surface area contributed by atoms with Gasteiger partial charge in [0, 0.05) is 5.54 Å². The molecule has 1 heterocycles. The molecular formula is C15H21N5O3S. The van der Waals surface area contributed by atoms with Gasteiger partial charge in [-0.25, -0.2) is 8.42 Å². The van der Waals surface area contributed by atoms with Crippen molar-refractivity contribution >= 4 is 15.7 Å². The van der Waals surface area contributed by atoms with Gasteiger partial charge >= 0.3 is 0 Å². The Labute approximate surface area is 141 Å². The van der Waals surface area contributed by atoms with Crippen LogP contribution in [0.3, 0.4) is 0 Å². The number of para-hydroxylation sites is 1. The highest BCUT2D eigenvalue weighted by atomic mass is 32.2. The van der Waals surface area contributed by atoms with Crippen molar-refractivity contribution in [3.05, 3.63) is 36.2 Å². The molecule has 1 aromatic carbocycles. The lowest BCUT2D eigenvalue weighted by Gasteiger charge is -2.23. The molecule has 0 bridgehead atoms. The van der Waals surface area contributed by atoms with E-state index in [1.807, 2.05) is 6.07 Å². The maximum absolute atomic E-state index is 12.5. The molecule has 0 aliphatic carbocycles. The highest BCUT2D eigenvalue weighted by molar-refractivity contribution is 7.92. The summed E-state index contributed by atoms with van der Waals surface area (Å²) in [4.78, 5) is 12.1. The number of amides is 1. The van der Waals surface area contributed by atoms with Crippen LogP contribution in [0.15, 0.2) is 30.3 Å². The molecule has 8 nitrogen and oxygen atoms in total. The van der Waals surface area contributed by atoms with Crippen LogP contribution in [0, 0.1) is 0 Å². The van der Waals surface area contributed by atoms with E-state index >= 15 is 0 Å². The third kappa shape index (κ3) is 4.38. The smallest absolute Gasteiger partial charge is 0.238 e. The summed E-state index contributed by atoms with van der Waals surface area (Å²) in [7, 11) is -3.76. The van der Waals surface area contributed by atoms with E-state index in [1.54, 1.807) is 45.0 Å². The van der Waals surface area contributed by atoms with Crippen LogP contribution in [0.25, 0.3) is 5.69 Å². The normalized spacial score (nSPS) is 13.5. The highest BCUT2D eigenvalue weighted by Gasteiger charge is 2.32. The van der Waals surface area contributed by atoms with Crippen molar-refractivity contribution in [2.75, 3.05) is 0 Å². The Balaban J connectivity index is 2.22. The summed E-state index contributed by atoms with van der Waals surface area (Å²) in [6.07, 6.45) is 0. The molecule has 9 heteroatoms. The first-order valence-corrected chi connectivity index (χ1v) is 9.18. The van der Waals surface area contributed by atoms with Gasteiger partial charge in [0.15, 0.2) is 15.7 Å². The molecule has 0 aliphatic rings. The molecule has 0 aliphatic heterocycles. The van der Waals surface area contributed by atoms with Crippen LogP contribution in [-0.4, -0.2) is 45.3 Å². The number of tetrazole rings is 1. The molecule has 24 heavy (non-hydrogen) atoms. The van der Waals surface area contributed by atoms with Crippen molar-refractivity contribution in [1.82, 2.24) is 25.5 Å². The fraction of sp³-hybridized carbons (Fsp3) is 0.467. The summed E-state index contributed by atoms with van der Waals surface area (Å²) in [5, 5.41) is 12.6. The summed E-state index contributed by atoms with van der Waals surface area (Å²) in [6, 6.07) is 8.97. The maximum atomic E-state index is 12.5. The monoisotopic (exact) mass is 351 g/mol. The average Bonchev–Trinajstić information content (AvgIpc) is 2.93. The molecular weight excluding hydrogens is 330 g/mol. The second kappa shape index (κ2) is 6.68. The Morgan fingerprint density at radius 1 is 1.25 bits per heavy atom. The summed E-state index contributed by atoms with van der Waals surface area (Å²) in [5.41, 5.74) is 0.145. The van der Waals surface area contributed by atoms with Gasteiger partial charge in [-0.3, -0.25) is 4.79 Å². The van der Waals surface area contributed by atoms with Crippen LogP contribution >= 0.6 is 0 Å². The number of nitrogens with zero attached hydrogens (tertiary/aromatic N) is 4. The number of hydrogen-bond acceptors (Lipinski definition) is 6. The molecule has 1 N–H and O–H groups in total. The molecule has 0 spiro atoms. The lowest BCUT2D eigenvalue weighted by molar-refractivity contribution is -0.121. The minimum atomic E-state index is -3.76. The van der Waals surface area contributed by atoms with Crippen LogP contribution in [0.1, 0.15) is 33.5 Å². The zero-order valence-electron chi connectivity index (χ0n) is 14.1. The lowest BCUT2D eigenvalue weighted by Crippen LogP contribution is -2.47. The Hall–Kier alpha value is -2.29. The van der Waals surface area contributed by atoms with Gasteiger partial charge in [0.2, 0.25) is 5.91 Å². The van der Waals surface area contributed by atoms with Crippen LogP contribution in [-0.2, 0) is 20.4 Å². The van der Waals surface area contributed by atoms with E-state index in [4.69, 9.17) is 0 Å². The molecule has 0 fully saturated rings. The summed E-state index contributed by atoms with van der Waals surface area (Å²) < 4.78 is 26.4. The second-order valence-corrected chi connectivity index (χ2v) is 8.85. The molecule has 1 amide bonds. The third-order valence-electron chi connectivity index (χ3n) is 3.27. The fourth-order valence-electron chi connectivity index (χ4n) is 2.00. The molecule has 1 atom stereocenters. The Morgan fingerprint density at radius 2 is 1.88 bits per heavy atom. The van der Waals surface area contributed by atoms with E-state index in [1.165, 1.54) is 11.6 Å². The molecule has 0 saturated carbocycles. The van der Waals surface area contributed by atoms with Gasteiger partial charge in [-0.15, -0.1) is 5.10 Å². The zero-order valence-corrected chi connectivity index (χ0v) is 14.9. The van der Waals surface area contributed by atoms with Crippen molar-refractivity contribution in [2.24, 2.45) is 0 Å². The second-order valence-electron chi connectivity index (χ2n) is 6.53. The minimum absolute atomic E-state index is 0.164. The number of aromatic nitrogens is 4. The van der Waals surface area contributed by atoms with E-state index in [9.17, 15) is 13.2 Å². The Bertz CT molecular complexity index is 809. The highest BCUT2D eigenvalue weighted by Crippen LogP contribution is 2.14. The first-order chi connectivity index (χ1) is 11.1. The quantitative estimate of drug-likeness (QED) is 0.857. The maximum Gasteiger partial charge on any atom is 0.238 e. The van der Waals surface area contributed by atoms with E-state index in [0.29, 0.717) is 5.69 Å². The number of nitrogens with one attached hydrogen (secondary N) is 1. The SMILES string of the molecule is CC(C(=O)NC(C)(C)C)S(=O)(=O)Cc1nnnn1-c1ccccc1. The number of sulfone groups is 1. The number of benzene rings is 1. The standard InChI is InChI=1S/C15H21N5O3S/c1-11(14(21)16-15(2,3)4)24(22,23)10-13-17-18-19-20(13)12-8-6-5-7-9-12/h5-9,11H,10H2,1-4H3,(H,16,21).